The standard InChI is InChI=1S/C14H25N3O2S/c1-5-12(3)17(4)9-8-16-20(18,19)13-6-7-14(15)11(2)10-13/h6-7,10,12,16H,5,8-9,15H2,1-4H3. The zero-order valence-electron chi connectivity index (χ0n) is 12.7. The Hall–Kier alpha value is -1.11. The van der Waals surface area contributed by atoms with E-state index < -0.39 is 10.0 Å². The van der Waals surface area contributed by atoms with E-state index in [1.54, 1.807) is 19.1 Å². The van der Waals surface area contributed by atoms with Crippen molar-refractivity contribution in [1.82, 2.24) is 9.62 Å². The second kappa shape index (κ2) is 7.06. The van der Waals surface area contributed by atoms with Gasteiger partial charge in [0.25, 0.3) is 0 Å². The number of benzene rings is 1. The highest BCUT2D eigenvalue weighted by atomic mass is 32.2. The quantitative estimate of drug-likeness (QED) is 0.750. The molecule has 0 aliphatic carbocycles. The molecule has 0 aliphatic heterocycles. The molecule has 6 heteroatoms. The lowest BCUT2D eigenvalue weighted by Crippen LogP contribution is -2.37. The van der Waals surface area contributed by atoms with Crippen LogP contribution in [0.4, 0.5) is 5.69 Å². The molecule has 0 amide bonds. The molecule has 1 atom stereocenters. The highest BCUT2D eigenvalue weighted by Gasteiger charge is 2.15. The maximum atomic E-state index is 12.1. The summed E-state index contributed by atoms with van der Waals surface area (Å²) in [5, 5.41) is 0. The van der Waals surface area contributed by atoms with Crippen LogP contribution in [0.25, 0.3) is 0 Å². The Morgan fingerprint density at radius 1 is 1.40 bits per heavy atom. The van der Waals surface area contributed by atoms with Crippen LogP contribution in [0.5, 0.6) is 0 Å². The normalized spacial score (nSPS) is 13.7. The smallest absolute Gasteiger partial charge is 0.240 e. The van der Waals surface area contributed by atoms with Gasteiger partial charge in [0, 0.05) is 24.8 Å². The van der Waals surface area contributed by atoms with E-state index in [1.165, 1.54) is 6.07 Å². The van der Waals surface area contributed by atoms with Crippen LogP contribution < -0.4 is 10.5 Å². The first-order valence-corrected chi connectivity index (χ1v) is 8.32. The number of hydrogen-bond acceptors (Lipinski definition) is 4. The van der Waals surface area contributed by atoms with Crippen molar-refractivity contribution >= 4 is 15.7 Å². The van der Waals surface area contributed by atoms with Crippen molar-refractivity contribution in [3.8, 4) is 0 Å². The summed E-state index contributed by atoms with van der Waals surface area (Å²) < 4.78 is 26.9. The first-order chi connectivity index (χ1) is 9.27. The molecule has 0 aliphatic rings. The van der Waals surface area contributed by atoms with Gasteiger partial charge in [0.15, 0.2) is 0 Å². The molecule has 5 nitrogen and oxygen atoms in total. The molecule has 20 heavy (non-hydrogen) atoms. The average Bonchev–Trinajstić information content (AvgIpc) is 2.40. The predicted octanol–water partition coefficient (Wildman–Crippen LogP) is 1.59. The van der Waals surface area contributed by atoms with E-state index in [9.17, 15) is 8.42 Å². The van der Waals surface area contributed by atoms with E-state index in [0.717, 1.165) is 12.0 Å². The lowest BCUT2D eigenvalue weighted by molar-refractivity contribution is 0.256. The van der Waals surface area contributed by atoms with Crippen LogP contribution in [0.3, 0.4) is 0 Å². The topological polar surface area (TPSA) is 75.4 Å². The molecule has 1 aromatic rings. The number of likely N-dealkylation sites (N-methyl/N-ethyl adjacent to an activating group) is 1. The number of sulfonamides is 1. The maximum Gasteiger partial charge on any atom is 0.240 e. The lowest BCUT2D eigenvalue weighted by Gasteiger charge is -2.23. The highest BCUT2D eigenvalue weighted by Crippen LogP contribution is 2.16. The first kappa shape index (κ1) is 16.9. The molecule has 1 aromatic carbocycles. The number of aryl methyl sites for hydroxylation is 1. The van der Waals surface area contributed by atoms with Gasteiger partial charge in [-0.05, 0) is 51.1 Å². The second-order valence-corrected chi connectivity index (χ2v) is 6.92. The Balaban J connectivity index is 2.64. The molecule has 0 radical (unpaired) electrons. The fourth-order valence-electron chi connectivity index (χ4n) is 1.79. The fraction of sp³-hybridized carbons (Fsp3) is 0.571. The van der Waals surface area contributed by atoms with E-state index in [0.29, 0.717) is 24.8 Å². The monoisotopic (exact) mass is 299 g/mol. The second-order valence-electron chi connectivity index (χ2n) is 5.15. The van der Waals surface area contributed by atoms with Gasteiger partial charge in [-0.25, -0.2) is 13.1 Å². The summed E-state index contributed by atoms with van der Waals surface area (Å²) in [7, 11) is -1.46. The minimum absolute atomic E-state index is 0.260. The molecule has 1 rings (SSSR count). The molecular formula is C14H25N3O2S. The van der Waals surface area contributed by atoms with Gasteiger partial charge in [0.05, 0.1) is 4.90 Å². The molecule has 0 aromatic heterocycles. The first-order valence-electron chi connectivity index (χ1n) is 6.84. The number of anilines is 1. The fourth-order valence-corrected chi connectivity index (χ4v) is 2.89. The zero-order chi connectivity index (χ0) is 15.3. The van der Waals surface area contributed by atoms with Crippen LogP contribution in [0.1, 0.15) is 25.8 Å². The summed E-state index contributed by atoms with van der Waals surface area (Å²) >= 11 is 0. The summed E-state index contributed by atoms with van der Waals surface area (Å²) in [6.07, 6.45) is 1.04. The molecule has 0 bridgehead atoms. The van der Waals surface area contributed by atoms with E-state index in [-0.39, 0.29) is 4.90 Å². The minimum Gasteiger partial charge on any atom is -0.399 e. The largest absolute Gasteiger partial charge is 0.399 e. The van der Waals surface area contributed by atoms with Gasteiger partial charge in [-0.15, -0.1) is 0 Å². The molecule has 0 saturated heterocycles. The Bertz CT molecular complexity index is 543. The Morgan fingerprint density at radius 2 is 2.05 bits per heavy atom. The number of nitrogen functional groups attached to an aromatic ring is 1. The van der Waals surface area contributed by atoms with Crippen LogP contribution in [0.15, 0.2) is 23.1 Å². The Labute approximate surface area is 122 Å². The van der Waals surface area contributed by atoms with Crippen molar-refractivity contribution in [2.75, 3.05) is 25.9 Å². The lowest BCUT2D eigenvalue weighted by atomic mass is 10.2. The maximum absolute atomic E-state index is 12.1. The van der Waals surface area contributed by atoms with Crippen molar-refractivity contribution < 1.29 is 8.42 Å². The minimum atomic E-state index is -3.46. The number of nitrogens with two attached hydrogens (primary N) is 1. The molecule has 0 saturated carbocycles. The molecule has 0 heterocycles. The third-order valence-corrected chi connectivity index (χ3v) is 5.11. The van der Waals surface area contributed by atoms with Crippen LogP contribution in [0, 0.1) is 6.92 Å². The summed E-state index contributed by atoms with van der Waals surface area (Å²) in [6.45, 7) is 7.11. The zero-order valence-corrected chi connectivity index (χ0v) is 13.5. The van der Waals surface area contributed by atoms with Gasteiger partial charge in [0.2, 0.25) is 10.0 Å². The van der Waals surface area contributed by atoms with Gasteiger partial charge in [0.1, 0.15) is 0 Å². The summed E-state index contributed by atoms with van der Waals surface area (Å²) in [4.78, 5) is 2.40. The van der Waals surface area contributed by atoms with Crippen molar-refractivity contribution in [2.45, 2.75) is 38.1 Å². The highest BCUT2D eigenvalue weighted by molar-refractivity contribution is 7.89. The molecule has 0 fully saturated rings. The molecule has 114 valence electrons. The number of nitrogens with zero attached hydrogens (tertiary/aromatic N) is 1. The van der Waals surface area contributed by atoms with E-state index in [4.69, 9.17) is 5.73 Å². The molecule has 3 N–H and O–H groups in total. The number of nitrogens with one attached hydrogen (secondary N) is 1. The van der Waals surface area contributed by atoms with Crippen molar-refractivity contribution in [2.24, 2.45) is 0 Å². The average molecular weight is 299 g/mol. The van der Waals surface area contributed by atoms with E-state index in [1.807, 2.05) is 7.05 Å². The van der Waals surface area contributed by atoms with Gasteiger partial charge in [-0.3, -0.25) is 0 Å². The van der Waals surface area contributed by atoms with Gasteiger partial charge >= 0.3 is 0 Å². The van der Waals surface area contributed by atoms with Crippen LogP contribution in [-0.2, 0) is 10.0 Å². The molecular weight excluding hydrogens is 274 g/mol. The summed E-state index contributed by atoms with van der Waals surface area (Å²) in [6, 6.07) is 5.19. The van der Waals surface area contributed by atoms with Gasteiger partial charge in [-0.2, -0.15) is 0 Å². The SMILES string of the molecule is CCC(C)N(C)CCNS(=O)(=O)c1ccc(N)c(C)c1. The molecule has 1 unspecified atom stereocenters. The van der Waals surface area contributed by atoms with Crippen molar-refractivity contribution in [1.29, 1.82) is 0 Å². The summed E-state index contributed by atoms with van der Waals surface area (Å²) in [5.74, 6) is 0. The third-order valence-electron chi connectivity index (χ3n) is 3.65. The van der Waals surface area contributed by atoms with Crippen LogP contribution in [-0.4, -0.2) is 39.5 Å². The van der Waals surface area contributed by atoms with Crippen molar-refractivity contribution in [3.63, 3.8) is 0 Å². The summed E-state index contributed by atoms with van der Waals surface area (Å²) in [5.41, 5.74) is 7.06. The predicted molar refractivity (Wildman–Crippen MR) is 83.2 cm³/mol. The van der Waals surface area contributed by atoms with E-state index in [2.05, 4.69) is 23.5 Å². The number of rotatable bonds is 7. The van der Waals surface area contributed by atoms with Crippen molar-refractivity contribution in [3.05, 3.63) is 23.8 Å². The van der Waals surface area contributed by atoms with Gasteiger partial charge < -0.3 is 10.6 Å². The Kier molecular flexibility index (Phi) is 5.98. The van der Waals surface area contributed by atoms with Gasteiger partial charge in [-0.1, -0.05) is 6.92 Å². The van der Waals surface area contributed by atoms with E-state index >= 15 is 0 Å². The molecule has 0 spiro atoms. The third kappa shape index (κ3) is 4.47. The van der Waals surface area contributed by atoms with Crippen LogP contribution in [0.2, 0.25) is 0 Å². The Morgan fingerprint density at radius 3 is 2.60 bits per heavy atom. The number of hydrogen-bond donors (Lipinski definition) is 2. The van der Waals surface area contributed by atoms with Crippen LogP contribution >= 0.6 is 0 Å².